The maximum atomic E-state index is 7.81. The van der Waals surface area contributed by atoms with Gasteiger partial charge in [0.25, 0.3) is 0 Å². The summed E-state index contributed by atoms with van der Waals surface area (Å²) >= 11 is 0. The molecule has 26 heavy (non-hydrogen) atoms. The number of aromatic nitrogens is 1. The lowest BCUT2D eigenvalue weighted by Crippen LogP contribution is -2.45. The number of aryl methyl sites for hydroxylation is 1. The van der Waals surface area contributed by atoms with Gasteiger partial charge < -0.3 is 20.9 Å². The normalized spacial score (nSPS) is 17.4. The molecule has 0 bridgehead atoms. The van der Waals surface area contributed by atoms with Crippen molar-refractivity contribution in [2.75, 3.05) is 43.9 Å². The monoisotopic (exact) mass is 353 g/mol. The van der Waals surface area contributed by atoms with Crippen LogP contribution in [0.2, 0.25) is 0 Å². The predicted molar refractivity (Wildman–Crippen MR) is 112 cm³/mol. The Morgan fingerprint density at radius 2 is 1.69 bits per heavy atom. The Hall–Kier alpha value is -2.14. The lowest BCUT2D eigenvalue weighted by Gasteiger charge is -2.36. The number of nitrogen functional groups attached to an aromatic ring is 1. The van der Waals surface area contributed by atoms with Gasteiger partial charge in [-0.3, -0.25) is 0 Å². The van der Waals surface area contributed by atoms with E-state index >= 15 is 0 Å². The van der Waals surface area contributed by atoms with Crippen LogP contribution >= 0.6 is 0 Å². The quantitative estimate of drug-likeness (QED) is 0.641. The van der Waals surface area contributed by atoms with Crippen LogP contribution in [0.1, 0.15) is 43.4 Å². The number of rotatable bonds is 2. The van der Waals surface area contributed by atoms with Crippen LogP contribution < -0.4 is 10.6 Å². The van der Waals surface area contributed by atoms with Crippen molar-refractivity contribution in [3.63, 3.8) is 0 Å². The molecule has 1 aliphatic heterocycles. The molecule has 4 rings (SSSR count). The van der Waals surface area contributed by atoms with Crippen molar-refractivity contribution >= 4 is 28.6 Å². The SMILES string of the molecule is CC.CN1CCN(c2nc3ccc(N)c(C=N)c3c3c2CCCC3)CC1. The van der Waals surface area contributed by atoms with Gasteiger partial charge in [-0.25, -0.2) is 4.98 Å². The summed E-state index contributed by atoms with van der Waals surface area (Å²) in [6, 6.07) is 3.91. The summed E-state index contributed by atoms with van der Waals surface area (Å²) in [6.45, 7) is 8.24. The van der Waals surface area contributed by atoms with Crippen LogP contribution in [-0.2, 0) is 12.8 Å². The Morgan fingerprint density at radius 3 is 2.35 bits per heavy atom. The van der Waals surface area contributed by atoms with Crippen LogP contribution in [0.5, 0.6) is 0 Å². The smallest absolute Gasteiger partial charge is 0.132 e. The Kier molecular flexibility index (Phi) is 5.77. The topological polar surface area (TPSA) is 69.2 Å². The molecule has 2 heterocycles. The maximum absolute atomic E-state index is 7.81. The lowest BCUT2D eigenvalue weighted by molar-refractivity contribution is 0.312. The first-order valence-electron chi connectivity index (χ1n) is 9.87. The molecular weight excluding hydrogens is 322 g/mol. The van der Waals surface area contributed by atoms with E-state index in [9.17, 15) is 0 Å². The van der Waals surface area contributed by atoms with Crippen molar-refractivity contribution in [2.45, 2.75) is 39.5 Å². The molecule has 1 aromatic heterocycles. The van der Waals surface area contributed by atoms with Crippen molar-refractivity contribution in [1.82, 2.24) is 9.88 Å². The number of anilines is 2. The zero-order valence-electron chi connectivity index (χ0n) is 16.3. The molecule has 1 aromatic carbocycles. The molecule has 2 aliphatic rings. The standard InChI is InChI=1S/C19H25N5.C2H6/c1-23-8-10-24(11-9-23)19-14-5-3-2-4-13(14)18-15(12-20)16(21)6-7-17(18)22-19;1-2/h6-7,12,20H,2-5,8-11,21H2,1H3;1-2H3. The van der Waals surface area contributed by atoms with E-state index in [1.807, 2.05) is 26.0 Å². The van der Waals surface area contributed by atoms with Gasteiger partial charge in [-0.05, 0) is 56.0 Å². The van der Waals surface area contributed by atoms with Gasteiger partial charge in [0.05, 0.1) is 5.52 Å². The fourth-order valence-electron chi connectivity index (χ4n) is 4.08. The van der Waals surface area contributed by atoms with E-state index in [-0.39, 0.29) is 0 Å². The highest BCUT2D eigenvalue weighted by Gasteiger charge is 2.25. The third-order valence-corrected chi connectivity index (χ3v) is 5.47. The molecule has 0 spiro atoms. The molecule has 1 saturated heterocycles. The molecule has 5 nitrogen and oxygen atoms in total. The minimum atomic E-state index is 0.680. The van der Waals surface area contributed by atoms with E-state index in [1.54, 1.807) is 0 Å². The Balaban J connectivity index is 0.000000948. The number of nitrogens with one attached hydrogen (secondary N) is 1. The van der Waals surface area contributed by atoms with Crippen LogP contribution in [-0.4, -0.2) is 49.3 Å². The van der Waals surface area contributed by atoms with E-state index in [0.29, 0.717) is 5.69 Å². The van der Waals surface area contributed by atoms with Crippen molar-refractivity contribution in [3.05, 3.63) is 28.8 Å². The van der Waals surface area contributed by atoms with Crippen LogP contribution in [0, 0.1) is 5.41 Å². The van der Waals surface area contributed by atoms with E-state index in [1.165, 1.54) is 36.0 Å². The zero-order valence-corrected chi connectivity index (χ0v) is 16.3. The highest BCUT2D eigenvalue weighted by molar-refractivity contribution is 6.05. The van der Waals surface area contributed by atoms with Crippen LogP contribution in [0.4, 0.5) is 11.5 Å². The largest absolute Gasteiger partial charge is 0.398 e. The first kappa shape index (κ1) is 18.6. The van der Waals surface area contributed by atoms with Gasteiger partial charge in [-0.15, -0.1) is 0 Å². The Labute approximate surface area is 156 Å². The molecule has 140 valence electrons. The summed E-state index contributed by atoms with van der Waals surface area (Å²) in [7, 11) is 2.18. The molecule has 0 radical (unpaired) electrons. The van der Waals surface area contributed by atoms with Crippen molar-refractivity contribution in [1.29, 1.82) is 5.41 Å². The van der Waals surface area contributed by atoms with E-state index in [4.69, 9.17) is 16.1 Å². The first-order chi connectivity index (χ1) is 12.7. The predicted octanol–water partition coefficient (Wildman–Crippen LogP) is 3.47. The maximum Gasteiger partial charge on any atom is 0.132 e. The summed E-state index contributed by atoms with van der Waals surface area (Å²) < 4.78 is 0. The Bertz CT molecular complexity index is 791. The highest BCUT2D eigenvalue weighted by Crippen LogP contribution is 2.37. The number of fused-ring (bicyclic) bond motifs is 3. The molecule has 0 amide bonds. The average Bonchev–Trinajstić information content (AvgIpc) is 2.69. The van der Waals surface area contributed by atoms with Crippen LogP contribution in [0.25, 0.3) is 10.9 Å². The fourth-order valence-corrected chi connectivity index (χ4v) is 4.08. The first-order valence-corrected chi connectivity index (χ1v) is 9.87. The van der Waals surface area contributed by atoms with Crippen LogP contribution in [0.15, 0.2) is 12.1 Å². The number of benzene rings is 1. The molecule has 0 saturated carbocycles. The molecule has 1 fully saturated rings. The molecule has 1 aliphatic carbocycles. The second-order valence-electron chi connectivity index (χ2n) is 7.00. The summed E-state index contributed by atoms with van der Waals surface area (Å²) in [6.07, 6.45) is 5.99. The molecule has 0 unspecified atom stereocenters. The van der Waals surface area contributed by atoms with Gasteiger partial charge in [0.15, 0.2) is 0 Å². The second-order valence-corrected chi connectivity index (χ2v) is 7.00. The highest BCUT2D eigenvalue weighted by atomic mass is 15.3. The van der Waals surface area contributed by atoms with E-state index in [0.717, 1.165) is 55.5 Å². The number of hydrogen-bond acceptors (Lipinski definition) is 5. The zero-order chi connectivity index (χ0) is 18.7. The van der Waals surface area contributed by atoms with Crippen molar-refractivity contribution in [2.24, 2.45) is 0 Å². The molecule has 5 heteroatoms. The number of hydrogen-bond donors (Lipinski definition) is 2. The summed E-state index contributed by atoms with van der Waals surface area (Å²) in [5, 5.41) is 8.92. The third kappa shape index (κ3) is 3.28. The lowest BCUT2D eigenvalue weighted by atomic mass is 9.87. The number of nitrogens with zero attached hydrogens (tertiary/aromatic N) is 3. The number of piperazine rings is 1. The fraction of sp³-hybridized carbons (Fsp3) is 0.524. The summed E-state index contributed by atoms with van der Waals surface area (Å²) in [5.41, 5.74) is 11.4. The van der Waals surface area contributed by atoms with Gasteiger partial charge in [-0.2, -0.15) is 0 Å². The Morgan fingerprint density at radius 1 is 1.04 bits per heavy atom. The third-order valence-electron chi connectivity index (χ3n) is 5.47. The van der Waals surface area contributed by atoms with Gasteiger partial charge >= 0.3 is 0 Å². The minimum Gasteiger partial charge on any atom is -0.398 e. The van der Waals surface area contributed by atoms with Crippen LogP contribution in [0.3, 0.4) is 0 Å². The van der Waals surface area contributed by atoms with Gasteiger partial charge in [0.1, 0.15) is 5.82 Å². The van der Waals surface area contributed by atoms with E-state index < -0.39 is 0 Å². The molecule has 2 aromatic rings. The van der Waals surface area contributed by atoms with Crippen molar-refractivity contribution < 1.29 is 0 Å². The second kappa shape index (κ2) is 8.04. The summed E-state index contributed by atoms with van der Waals surface area (Å²) in [4.78, 5) is 9.86. The van der Waals surface area contributed by atoms with Crippen molar-refractivity contribution in [3.8, 4) is 0 Å². The number of pyridine rings is 1. The van der Waals surface area contributed by atoms with Gasteiger partial charge in [-0.1, -0.05) is 13.8 Å². The van der Waals surface area contributed by atoms with Gasteiger partial charge in [0.2, 0.25) is 0 Å². The minimum absolute atomic E-state index is 0.680. The molecular formula is C21H31N5. The average molecular weight is 354 g/mol. The molecule has 3 N–H and O–H groups in total. The molecule has 0 atom stereocenters. The summed E-state index contributed by atoms with van der Waals surface area (Å²) in [5.74, 6) is 1.17. The number of nitrogens with two attached hydrogens (primary N) is 1. The number of likely N-dealkylation sites (N-methyl/N-ethyl adjacent to an activating group) is 1. The van der Waals surface area contributed by atoms with E-state index in [2.05, 4.69) is 16.8 Å². The van der Waals surface area contributed by atoms with Gasteiger partial charge in [0, 0.05) is 49.0 Å².